The molecule has 1 amide bonds. The topological polar surface area (TPSA) is 66.8 Å². The summed E-state index contributed by atoms with van der Waals surface area (Å²) in [7, 11) is 0. The molecule has 0 aromatic heterocycles. The Morgan fingerprint density at radius 2 is 1.72 bits per heavy atom. The molecule has 0 aromatic rings. The molecule has 0 aromatic carbocycles. The predicted octanol–water partition coefficient (Wildman–Crippen LogP) is 2.26. The average molecular weight is 271 g/mol. The molecule has 18 heavy (non-hydrogen) atoms. The van der Waals surface area contributed by atoms with Crippen LogP contribution in [-0.4, -0.2) is 46.9 Å². The van der Waals surface area contributed by atoms with Crippen molar-refractivity contribution in [1.29, 1.82) is 0 Å². The number of nitrogens with zero attached hydrogens (tertiary/aromatic N) is 1. The fourth-order valence-corrected chi connectivity index (χ4v) is 1.01. The summed E-state index contributed by atoms with van der Waals surface area (Å²) in [4.78, 5) is 22.1. The van der Waals surface area contributed by atoms with Gasteiger partial charge < -0.3 is 9.84 Å². The van der Waals surface area contributed by atoms with Crippen LogP contribution in [0.4, 0.5) is 18.0 Å². The molecule has 0 aliphatic rings. The smallest absolute Gasteiger partial charge is 0.410 e. The zero-order valence-electron chi connectivity index (χ0n) is 10.4. The number of carboxylic acids is 1. The van der Waals surface area contributed by atoms with E-state index >= 15 is 0 Å². The van der Waals surface area contributed by atoms with Crippen molar-refractivity contribution >= 4 is 12.1 Å². The molecule has 0 spiro atoms. The van der Waals surface area contributed by atoms with Gasteiger partial charge in [0, 0.05) is 6.54 Å². The van der Waals surface area contributed by atoms with E-state index in [9.17, 15) is 22.8 Å². The molecule has 106 valence electrons. The lowest BCUT2D eigenvalue weighted by Gasteiger charge is -2.27. The molecule has 0 fully saturated rings. The number of alkyl halides is 3. The molecule has 0 radical (unpaired) electrons. The van der Waals surface area contributed by atoms with Gasteiger partial charge in [0.2, 0.25) is 0 Å². The fraction of sp³-hybridized carbons (Fsp3) is 0.800. The molecule has 0 atom stereocenters. The first-order valence-corrected chi connectivity index (χ1v) is 5.17. The van der Waals surface area contributed by atoms with Crippen LogP contribution in [0.2, 0.25) is 0 Å². The van der Waals surface area contributed by atoms with Crippen molar-refractivity contribution < 1.29 is 32.6 Å². The zero-order valence-corrected chi connectivity index (χ0v) is 10.4. The number of carbonyl (C=O) groups excluding carboxylic acids is 1. The first-order valence-electron chi connectivity index (χ1n) is 5.17. The van der Waals surface area contributed by atoms with Crippen LogP contribution in [0, 0.1) is 0 Å². The second kappa shape index (κ2) is 5.92. The quantitative estimate of drug-likeness (QED) is 0.851. The maximum absolute atomic E-state index is 12.2. The van der Waals surface area contributed by atoms with Gasteiger partial charge >= 0.3 is 18.2 Å². The third kappa shape index (κ3) is 8.66. The van der Waals surface area contributed by atoms with E-state index in [1.165, 1.54) is 20.8 Å². The highest BCUT2D eigenvalue weighted by atomic mass is 19.4. The van der Waals surface area contributed by atoms with E-state index in [2.05, 4.69) is 0 Å². The van der Waals surface area contributed by atoms with Gasteiger partial charge in [0.15, 0.2) is 0 Å². The first kappa shape index (κ1) is 16.5. The molecule has 1 N–H and O–H groups in total. The second-order valence-corrected chi connectivity index (χ2v) is 4.66. The van der Waals surface area contributed by atoms with Crippen LogP contribution in [0.3, 0.4) is 0 Å². The van der Waals surface area contributed by atoms with E-state index in [4.69, 9.17) is 9.84 Å². The molecular weight excluding hydrogens is 255 g/mol. The van der Waals surface area contributed by atoms with E-state index in [0.29, 0.717) is 4.90 Å². The number of rotatable bonds is 4. The second-order valence-electron chi connectivity index (χ2n) is 4.66. The van der Waals surface area contributed by atoms with Crippen LogP contribution in [0.1, 0.15) is 27.2 Å². The standard InChI is InChI=1S/C10H16F3NO4/c1-9(2,3)18-8(17)14(5-4-7(15)16)6-10(11,12)13/h4-6H2,1-3H3,(H,15,16). The number of carbonyl (C=O) groups is 2. The molecule has 0 saturated carbocycles. The summed E-state index contributed by atoms with van der Waals surface area (Å²) >= 11 is 0. The average Bonchev–Trinajstić information content (AvgIpc) is 2.06. The number of hydrogen-bond donors (Lipinski definition) is 1. The summed E-state index contributed by atoms with van der Waals surface area (Å²) < 4.78 is 41.5. The van der Waals surface area contributed by atoms with Crippen LogP contribution in [-0.2, 0) is 9.53 Å². The zero-order chi connectivity index (χ0) is 14.6. The normalized spacial score (nSPS) is 12.1. The van der Waals surface area contributed by atoms with Crippen molar-refractivity contribution in [3.63, 3.8) is 0 Å². The third-order valence-corrected chi connectivity index (χ3v) is 1.62. The van der Waals surface area contributed by atoms with Gasteiger partial charge in [-0.3, -0.25) is 9.69 Å². The Bertz CT molecular complexity index is 309. The van der Waals surface area contributed by atoms with Gasteiger partial charge in [-0.1, -0.05) is 0 Å². The number of ether oxygens (including phenoxy) is 1. The van der Waals surface area contributed by atoms with Crippen LogP contribution in [0.25, 0.3) is 0 Å². The molecule has 0 bridgehead atoms. The lowest BCUT2D eigenvalue weighted by molar-refractivity contribution is -0.148. The number of carboxylic acid groups (broad SMARTS) is 1. The molecule has 0 saturated heterocycles. The van der Waals surface area contributed by atoms with Gasteiger partial charge in [0.05, 0.1) is 6.42 Å². The monoisotopic (exact) mass is 271 g/mol. The predicted molar refractivity (Wildman–Crippen MR) is 56.1 cm³/mol. The van der Waals surface area contributed by atoms with Crippen molar-refractivity contribution in [2.45, 2.75) is 39.0 Å². The minimum absolute atomic E-state index is 0.333. The highest BCUT2D eigenvalue weighted by Crippen LogP contribution is 2.19. The fourth-order valence-electron chi connectivity index (χ4n) is 1.01. The largest absolute Gasteiger partial charge is 0.481 e. The Morgan fingerprint density at radius 1 is 1.22 bits per heavy atom. The molecular formula is C10H16F3NO4. The number of amides is 1. The van der Waals surface area contributed by atoms with Crippen LogP contribution < -0.4 is 0 Å². The summed E-state index contributed by atoms with van der Waals surface area (Å²) in [5, 5.41) is 8.42. The maximum Gasteiger partial charge on any atom is 0.410 e. The van der Waals surface area contributed by atoms with Gasteiger partial charge in [-0.25, -0.2) is 4.79 Å². The summed E-state index contributed by atoms with van der Waals surface area (Å²) in [5.74, 6) is -1.29. The molecule has 0 rings (SSSR count). The Morgan fingerprint density at radius 3 is 2.06 bits per heavy atom. The molecule has 8 heteroatoms. The summed E-state index contributed by atoms with van der Waals surface area (Å²) in [6.45, 7) is 2.44. The first-order chi connectivity index (χ1) is 7.91. The highest BCUT2D eigenvalue weighted by Gasteiger charge is 2.35. The van der Waals surface area contributed by atoms with Crippen molar-refractivity contribution in [2.75, 3.05) is 13.1 Å². The molecule has 0 aliphatic heterocycles. The van der Waals surface area contributed by atoms with Crippen LogP contribution in [0.5, 0.6) is 0 Å². The molecule has 0 unspecified atom stereocenters. The summed E-state index contributed by atoms with van der Waals surface area (Å²) in [6.07, 6.45) is -6.36. The number of halogens is 3. The van der Waals surface area contributed by atoms with E-state index in [1.807, 2.05) is 0 Å². The van der Waals surface area contributed by atoms with Crippen LogP contribution in [0.15, 0.2) is 0 Å². The SMILES string of the molecule is CC(C)(C)OC(=O)N(CCC(=O)O)CC(F)(F)F. The van der Waals surface area contributed by atoms with Gasteiger partial charge in [-0.15, -0.1) is 0 Å². The summed E-state index contributed by atoms with van der Waals surface area (Å²) in [6, 6.07) is 0. The van der Waals surface area contributed by atoms with E-state index in [-0.39, 0.29) is 0 Å². The lowest BCUT2D eigenvalue weighted by Crippen LogP contribution is -2.43. The Hall–Kier alpha value is -1.47. The Kier molecular flexibility index (Phi) is 5.44. The number of aliphatic carboxylic acids is 1. The lowest BCUT2D eigenvalue weighted by atomic mass is 10.2. The van der Waals surface area contributed by atoms with Crippen molar-refractivity contribution in [3.05, 3.63) is 0 Å². The Labute approximate surface area is 103 Å². The van der Waals surface area contributed by atoms with Gasteiger partial charge in [0.1, 0.15) is 12.1 Å². The molecule has 0 aliphatic carbocycles. The van der Waals surface area contributed by atoms with E-state index in [1.54, 1.807) is 0 Å². The minimum Gasteiger partial charge on any atom is -0.481 e. The number of hydrogen-bond acceptors (Lipinski definition) is 3. The Balaban J connectivity index is 4.64. The van der Waals surface area contributed by atoms with Crippen molar-refractivity contribution in [3.8, 4) is 0 Å². The van der Waals surface area contributed by atoms with Gasteiger partial charge in [0.25, 0.3) is 0 Å². The van der Waals surface area contributed by atoms with Crippen molar-refractivity contribution in [1.82, 2.24) is 4.90 Å². The molecule has 0 heterocycles. The summed E-state index contributed by atoms with van der Waals surface area (Å²) in [5.41, 5.74) is -0.940. The maximum atomic E-state index is 12.2. The van der Waals surface area contributed by atoms with E-state index < -0.39 is 43.4 Å². The van der Waals surface area contributed by atoms with Gasteiger partial charge in [-0.2, -0.15) is 13.2 Å². The highest BCUT2D eigenvalue weighted by molar-refractivity contribution is 5.70. The van der Waals surface area contributed by atoms with Crippen LogP contribution >= 0.6 is 0 Å². The van der Waals surface area contributed by atoms with Crippen molar-refractivity contribution in [2.24, 2.45) is 0 Å². The van der Waals surface area contributed by atoms with Gasteiger partial charge in [-0.05, 0) is 20.8 Å². The minimum atomic E-state index is -4.60. The third-order valence-electron chi connectivity index (χ3n) is 1.62. The van der Waals surface area contributed by atoms with E-state index in [0.717, 1.165) is 0 Å². The molecule has 5 nitrogen and oxygen atoms in total.